The molecule has 0 saturated heterocycles. The minimum absolute atomic E-state index is 0.768. The Bertz CT molecular complexity index is 442. The van der Waals surface area contributed by atoms with Crippen molar-refractivity contribution in [1.29, 1.82) is 0 Å². The van der Waals surface area contributed by atoms with Crippen LogP contribution in [0.3, 0.4) is 0 Å². The van der Waals surface area contributed by atoms with E-state index in [0.29, 0.717) is 0 Å². The second-order valence-corrected chi connectivity index (χ2v) is 4.43. The van der Waals surface area contributed by atoms with Crippen LogP contribution in [-0.2, 0) is 26.1 Å². The van der Waals surface area contributed by atoms with Gasteiger partial charge in [0.25, 0.3) is 0 Å². The van der Waals surface area contributed by atoms with Crippen molar-refractivity contribution in [2.24, 2.45) is 0 Å². The summed E-state index contributed by atoms with van der Waals surface area (Å²) in [6.45, 7) is 6.68. The third-order valence-corrected chi connectivity index (χ3v) is 2.78. The van der Waals surface area contributed by atoms with Crippen LogP contribution < -0.4 is 0 Å². The standard InChI is InChI=1S/C12H20N6/c1-4-11-14-12(16-15-11)9-17(3)7-10-6-13-18(5-2)8-10/h6,8H,4-5,7,9H2,1-3H3,(H,14,15,16). The van der Waals surface area contributed by atoms with Crippen molar-refractivity contribution < 1.29 is 0 Å². The molecule has 0 aromatic carbocycles. The van der Waals surface area contributed by atoms with Crippen molar-refractivity contribution in [2.75, 3.05) is 7.05 Å². The highest BCUT2D eigenvalue weighted by Gasteiger charge is 2.07. The predicted octanol–water partition coefficient (Wildman–Crippen LogP) is 1.22. The lowest BCUT2D eigenvalue weighted by molar-refractivity contribution is 0.311. The molecule has 0 spiro atoms. The van der Waals surface area contributed by atoms with E-state index in [1.54, 1.807) is 0 Å². The lowest BCUT2D eigenvalue weighted by atomic mass is 10.3. The highest BCUT2D eigenvalue weighted by Crippen LogP contribution is 2.05. The molecule has 6 nitrogen and oxygen atoms in total. The molecule has 0 atom stereocenters. The number of aryl methyl sites for hydroxylation is 2. The molecule has 0 fully saturated rings. The van der Waals surface area contributed by atoms with Gasteiger partial charge < -0.3 is 0 Å². The molecule has 0 bridgehead atoms. The number of hydrogen-bond acceptors (Lipinski definition) is 4. The molecule has 2 aromatic heterocycles. The van der Waals surface area contributed by atoms with Gasteiger partial charge in [0, 0.05) is 31.3 Å². The molecule has 0 amide bonds. The molecule has 0 saturated carbocycles. The fraction of sp³-hybridized carbons (Fsp3) is 0.583. The van der Waals surface area contributed by atoms with Crippen LogP contribution in [0.25, 0.3) is 0 Å². The van der Waals surface area contributed by atoms with Crippen LogP contribution >= 0.6 is 0 Å². The van der Waals surface area contributed by atoms with E-state index in [0.717, 1.165) is 37.7 Å². The first kappa shape index (κ1) is 12.8. The van der Waals surface area contributed by atoms with Crippen LogP contribution in [0, 0.1) is 0 Å². The summed E-state index contributed by atoms with van der Waals surface area (Å²) in [5.74, 6) is 1.79. The summed E-state index contributed by atoms with van der Waals surface area (Å²) >= 11 is 0. The SMILES string of the molecule is CCc1n[nH]c(CN(C)Cc2cnn(CC)c2)n1. The van der Waals surface area contributed by atoms with E-state index in [1.165, 1.54) is 5.56 Å². The van der Waals surface area contributed by atoms with Crippen molar-refractivity contribution in [2.45, 2.75) is 39.9 Å². The number of aromatic nitrogens is 5. The summed E-state index contributed by atoms with van der Waals surface area (Å²) in [6.07, 6.45) is 4.86. The normalized spacial score (nSPS) is 11.3. The average molecular weight is 248 g/mol. The largest absolute Gasteiger partial charge is 0.295 e. The Morgan fingerprint density at radius 3 is 2.78 bits per heavy atom. The maximum atomic E-state index is 4.40. The van der Waals surface area contributed by atoms with Crippen molar-refractivity contribution in [1.82, 2.24) is 29.9 Å². The minimum Gasteiger partial charge on any atom is -0.295 e. The van der Waals surface area contributed by atoms with Gasteiger partial charge in [-0.05, 0) is 14.0 Å². The van der Waals surface area contributed by atoms with Crippen molar-refractivity contribution >= 4 is 0 Å². The summed E-state index contributed by atoms with van der Waals surface area (Å²) in [5, 5.41) is 11.4. The maximum absolute atomic E-state index is 4.40. The number of nitrogens with zero attached hydrogens (tertiary/aromatic N) is 5. The van der Waals surface area contributed by atoms with E-state index in [-0.39, 0.29) is 0 Å². The van der Waals surface area contributed by atoms with E-state index in [4.69, 9.17) is 0 Å². The fourth-order valence-electron chi connectivity index (χ4n) is 1.85. The monoisotopic (exact) mass is 248 g/mol. The number of aromatic amines is 1. The summed E-state index contributed by atoms with van der Waals surface area (Å²) in [5.41, 5.74) is 1.22. The van der Waals surface area contributed by atoms with Gasteiger partial charge in [-0.3, -0.25) is 14.7 Å². The summed E-state index contributed by atoms with van der Waals surface area (Å²) in [4.78, 5) is 6.59. The van der Waals surface area contributed by atoms with Crippen molar-refractivity contribution in [3.63, 3.8) is 0 Å². The fourth-order valence-corrected chi connectivity index (χ4v) is 1.85. The molecular formula is C12H20N6. The molecule has 0 aliphatic carbocycles. The zero-order valence-corrected chi connectivity index (χ0v) is 11.2. The Labute approximate surface area is 107 Å². The Balaban J connectivity index is 1.89. The van der Waals surface area contributed by atoms with E-state index in [1.807, 2.05) is 10.9 Å². The van der Waals surface area contributed by atoms with Gasteiger partial charge in [-0.1, -0.05) is 6.92 Å². The van der Waals surface area contributed by atoms with Gasteiger partial charge in [0.15, 0.2) is 0 Å². The second kappa shape index (κ2) is 5.77. The molecule has 98 valence electrons. The van der Waals surface area contributed by atoms with Crippen LogP contribution in [0.1, 0.15) is 31.1 Å². The van der Waals surface area contributed by atoms with E-state index >= 15 is 0 Å². The molecule has 0 aliphatic rings. The smallest absolute Gasteiger partial charge is 0.150 e. The molecular weight excluding hydrogens is 228 g/mol. The first-order valence-corrected chi connectivity index (χ1v) is 6.31. The van der Waals surface area contributed by atoms with Gasteiger partial charge >= 0.3 is 0 Å². The maximum Gasteiger partial charge on any atom is 0.150 e. The van der Waals surface area contributed by atoms with E-state index in [9.17, 15) is 0 Å². The molecule has 2 heterocycles. The van der Waals surface area contributed by atoms with E-state index < -0.39 is 0 Å². The highest BCUT2D eigenvalue weighted by molar-refractivity contribution is 5.03. The minimum atomic E-state index is 0.768. The summed E-state index contributed by atoms with van der Waals surface area (Å²) in [6, 6.07) is 0. The molecule has 6 heteroatoms. The Hall–Kier alpha value is -1.69. The first-order valence-electron chi connectivity index (χ1n) is 6.31. The topological polar surface area (TPSA) is 62.6 Å². The van der Waals surface area contributed by atoms with Crippen LogP contribution in [0.4, 0.5) is 0 Å². The van der Waals surface area contributed by atoms with Crippen molar-refractivity contribution in [3.8, 4) is 0 Å². The lowest BCUT2D eigenvalue weighted by Gasteiger charge is -2.13. The molecule has 0 unspecified atom stereocenters. The summed E-state index contributed by atoms with van der Waals surface area (Å²) < 4.78 is 1.94. The van der Waals surface area contributed by atoms with Gasteiger partial charge in [0.1, 0.15) is 11.6 Å². The van der Waals surface area contributed by atoms with Crippen LogP contribution in [0.5, 0.6) is 0 Å². The van der Waals surface area contributed by atoms with Crippen LogP contribution in [-0.4, -0.2) is 36.9 Å². The van der Waals surface area contributed by atoms with Gasteiger partial charge in [0.05, 0.1) is 12.7 Å². The molecule has 2 rings (SSSR count). The Morgan fingerprint density at radius 2 is 2.17 bits per heavy atom. The third kappa shape index (κ3) is 3.16. The van der Waals surface area contributed by atoms with Gasteiger partial charge in [-0.15, -0.1) is 0 Å². The van der Waals surface area contributed by atoms with E-state index in [2.05, 4.69) is 52.3 Å². The molecule has 1 N–H and O–H groups in total. The Kier molecular flexibility index (Phi) is 4.09. The predicted molar refractivity (Wildman–Crippen MR) is 68.8 cm³/mol. The number of nitrogens with one attached hydrogen (secondary N) is 1. The number of H-pyrrole nitrogens is 1. The second-order valence-electron chi connectivity index (χ2n) is 4.43. The molecule has 2 aromatic rings. The first-order chi connectivity index (χ1) is 8.71. The third-order valence-electron chi connectivity index (χ3n) is 2.78. The van der Waals surface area contributed by atoms with Gasteiger partial charge in [-0.25, -0.2) is 4.98 Å². The molecule has 0 radical (unpaired) electrons. The van der Waals surface area contributed by atoms with Crippen molar-refractivity contribution in [3.05, 3.63) is 29.6 Å². The Morgan fingerprint density at radius 1 is 1.33 bits per heavy atom. The highest BCUT2D eigenvalue weighted by atomic mass is 15.3. The quantitative estimate of drug-likeness (QED) is 0.834. The zero-order chi connectivity index (χ0) is 13.0. The number of rotatable bonds is 6. The molecule has 18 heavy (non-hydrogen) atoms. The average Bonchev–Trinajstić information content (AvgIpc) is 2.98. The lowest BCUT2D eigenvalue weighted by Crippen LogP contribution is -2.17. The van der Waals surface area contributed by atoms with Gasteiger partial charge in [-0.2, -0.15) is 10.2 Å². The summed E-state index contributed by atoms with van der Waals surface area (Å²) in [7, 11) is 2.07. The number of hydrogen-bond donors (Lipinski definition) is 1. The molecule has 0 aliphatic heterocycles. The van der Waals surface area contributed by atoms with Gasteiger partial charge in [0.2, 0.25) is 0 Å². The van der Waals surface area contributed by atoms with Crippen LogP contribution in [0.2, 0.25) is 0 Å². The van der Waals surface area contributed by atoms with Crippen LogP contribution in [0.15, 0.2) is 12.4 Å². The zero-order valence-electron chi connectivity index (χ0n) is 11.2.